The molecule has 0 aromatic carbocycles. The summed E-state index contributed by atoms with van der Waals surface area (Å²) >= 11 is 0. The van der Waals surface area contributed by atoms with Gasteiger partial charge in [0, 0.05) is 6.54 Å². The number of amides is 1. The molecule has 1 amide bonds. The molecule has 0 bridgehead atoms. The molecular formula is C16H26FNO4. The molecule has 0 aliphatic heterocycles. The standard InChI is InChI=1S/C16H26FNO4/c1-7-13(17)14(12(2)3)21-11-10-20-9-8-18-15(19)22-16(4,5)6/h7H,1-2,8-11H2,3-6H3,(H,18,19)/b14-13-. The summed E-state index contributed by atoms with van der Waals surface area (Å²) in [4.78, 5) is 11.3. The lowest BCUT2D eigenvalue weighted by Crippen LogP contribution is -2.34. The Bertz CT molecular complexity index is 424. The summed E-state index contributed by atoms with van der Waals surface area (Å²) < 4.78 is 28.9. The van der Waals surface area contributed by atoms with Crippen LogP contribution in [0.5, 0.6) is 0 Å². The number of carbonyl (C=O) groups excluding carboxylic acids is 1. The molecule has 126 valence electrons. The van der Waals surface area contributed by atoms with Crippen LogP contribution in [0.15, 0.2) is 36.4 Å². The molecule has 0 aromatic rings. The highest BCUT2D eigenvalue weighted by Gasteiger charge is 2.15. The molecule has 6 heteroatoms. The fourth-order valence-electron chi connectivity index (χ4n) is 1.33. The van der Waals surface area contributed by atoms with E-state index in [1.807, 2.05) is 0 Å². The van der Waals surface area contributed by atoms with E-state index in [1.165, 1.54) is 0 Å². The maximum absolute atomic E-state index is 13.4. The first kappa shape index (κ1) is 20.2. The number of nitrogens with one attached hydrogen (secondary N) is 1. The van der Waals surface area contributed by atoms with Gasteiger partial charge in [-0.3, -0.25) is 0 Å². The number of hydrogen-bond acceptors (Lipinski definition) is 4. The molecule has 0 fully saturated rings. The first-order valence-corrected chi connectivity index (χ1v) is 7.03. The predicted molar refractivity (Wildman–Crippen MR) is 84.2 cm³/mol. The smallest absolute Gasteiger partial charge is 0.407 e. The minimum absolute atomic E-state index is 0.0745. The third kappa shape index (κ3) is 9.99. The highest BCUT2D eigenvalue weighted by atomic mass is 19.1. The van der Waals surface area contributed by atoms with Gasteiger partial charge in [-0.15, -0.1) is 0 Å². The van der Waals surface area contributed by atoms with Crippen LogP contribution in [0.4, 0.5) is 9.18 Å². The quantitative estimate of drug-likeness (QED) is 0.402. The summed E-state index contributed by atoms with van der Waals surface area (Å²) in [5.41, 5.74) is -0.0526. The van der Waals surface area contributed by atoms with Crippen LogP contribution in [0.3, 0.4) is 0 Å². The van der Waals surface area contributed by atoms with Gasteiger partial charge in [-0.1, -0.05) is 13.2 Å². The lowest BCUT2D eigenvalue weighted by atomic mass is 10.2. The molecule has 22 heavy (non-hydrogen) atoms. The number of halogens is 1. The molecule has 0 heterocycles. The van der Waals surface area contributed by atoms with Crippen LogP contribution in [-0.4, -0.2) is 38.1 Å². The van der Waals surface area contributed by atoms with Crippen LogP contribution in [0.25, 0.3) is 0 Å². The molecular weight excluding hydrogens is 289 g/mol. The Balaban J connectivity index is 3.81. The minimum atomic E-state index is -0.556. The van der Waals surface area contributed by atoms with Crippen LogP contribution in [0.1, 0.15) is 27.7 Å². The number of ether oxygens (including phenoxy) is 3. The maximum Gasteiger partial charge on any atom is 0.407 e. The molecule has 0 aromatic heterocycles. The third-order valence-corrected chi connectivity index (χ3v) is 2.17. The number of rotatable bonds is 9. The fraction of sp³-hybridized carbons (Fsp3) is 0.562. The van der Waals surface area contributed by atoms with Crippen LogP contribution >= 0.6 is 0 Å². The predicted octanol–water partition coefficient (Wildman–Crippen LogP) is 3.49. The van der Waals surface area contributed by atoms with Gasteiger partial charge < -0.3 is 19.5 Å². The average Bonchev–Trinajstić information content (AvgIpc) is 2.38. The van der Waals surface area contributed by atoms with Gasteiger partial charge >= 0.3 is 6.09 Å². The van der Waals surface area contributed by atoms with E-state index in [4.69, 9.17) is 14.2 Å². The van der Waals surface area contributed by atoms with E-state index in [2.05, 4.69) is 18.5 Å². The monoisotopic (exact) mass is 315 g/mol. The fourth-order valence-corrected chi connectivity index (χ4v) is 1.33. The Morgan fingerprint density at radius 3 is 2.41 bits per heavy atom. The van der Waals surface area contributed by atoms with E-state index >= 15 is 0 Å². The molecule has 0 radical (unpaired) electrons. The van der Waals surface area contributed by atoms with Gasteiger partial charge in [-0.2, -0.15) is 0 Å². The van der Waals surface area contributed by atoms with Crippen molar-refractivity contribution in [3.63, 3.8) is 0 Å². The Morgan fingerprint density at radius 2 is 1.91 bits per heavy atom. The summed E-state index contributed by atoms with van der Waals surface area (Å²) in [5, 5.41) is 2.56. The summed E-state index contributed by atoms with van der Waals surface area (Å²) in [5.74, 6) is -0.482. The Labute approximate surface area is 131 Å². The van der Waals surface area contributed by atoms with Gasteiger partial charge in [-0.25, -0.2) is 9.18 Å². The molecule has 0 spiro atoms. The van der Waals surface area contributed by atoms with E-state index in [0.29, 0.717) is 18.7 Å². The Kier molecular flexibility index (Phi) is 9.17. The zero-order valence-corrected chi connectivity index (χ0v) is 13.8. The number of alkyl carbamates (subject to hydrolysis) is 1. The number of carbonyl (C=O) groups is 1. The van der Waals surface area contributed by atoms with Crippen LogP contribution in [0, 0.1) is 0 Å². The van der Waals surface area contributed by atoms with Crippen molar-refractivity contribution in [3.8, 4) is 0 Å². The topological polar surface area (TPSA) is 56.8 Å². The van der Waals surface area contributed by atoms with Gasteiger partial charge in [0.1, 0.15) is 12.2 Å². The van der Waals surface area contributed by atoms with Crippen molar-refractivity contribution in [2.45, 2.75) is 33.3 Å². The summed E-state index contributed by atoms with van der Waals surface area (Å²) in [6.45, 7) is 15.0. The second kappa shape index (κ2) is 10.00. The van der Waals surface area contributed by atoms with E-state index < -0.39 is 17.5 Å². The van der Waals surface area contributed by atoms with Crippen LogP contribution < -0.4 is 5.32 Å². The number of hydrogen-bond donors (Lipinski definition) is 1. The highest BCUT2D eigenvalue weighted by molar-refractivity contribution is 5.67. The molecule has 0 atom stereocenters. The lowest BCUT2D eigenvalue weighted by Gasteiger charge is -2.19. The van der Waals surface area contributed by atoms with Crippen LogP contribution in [-0.2, 0) is 14.2 Å². The van der Waals surface area contributed by atoms with E-state index in [-0.39, 0.29) is 19.0 Å². The van der Waals surface area contributed by atoms with E-state index in [1.54, 1.807) is 27.7 Å². The minimum Gasteiger partial charge on any atom is -0.488 e. The van der Waals surface area contributed by atoms with Crippen LogP contribution in [0.2, 0.25) is 0 Å². The average molecular weight is 315 g/mol. The Morgan fingerprint density at radius 1 is 1.27 bits per heavy atom. The molecule has 0 saturated heterocycles. The van der Waals surface area contributed by atoms with Crippen molar-refractivity contribution >= 4 is 6.09 Å². The van der Waals surface area contributed by atoms with E-state index in [0.717, 1.165) is 6.08 Å². The van der Waals surface area contributed by atoms with Gasteiger partial charge in [0.05, 0.1) is 13.2 Å². The molecule has 0 rings (SSSR count). The molecule has 5 nitrogen and oxygen atoms in total. The molecule has 0 aliphatic carbocycles. The third-order valence-electron chi connectivity index (χ3n) is 2.17. The zero-order chi connectivity index (χ0) is 17.2. The van der Waals surface area contributed by atoms with Gasteiger partial charge in [0.2, 0.25) is 0 Å². The summed E-state index contributed by atoms with van der Waals surface area (Å²) in [6.07, 6.45) is 0.572. The first-order chi connectivity index (χ1) is 10.2. The van der Waals surface area contributed by atoms with Crippen molar-refractivity contribution in [1.29, 1.82) is 0 Å². The molecule has 0 aliphatic rings. The Hall–Kier alpha value is -1.82. The van der Waals surface area contributed by atoms with Gasteiger partial charge in [0.15, 0.2) is 11.6 Å². The maximum atomic E-state index is 13.4. The molecule has 0 saturated carbocycles. The second-order valence-electron chi connectivity index (χ2n) is 5.55. The van der Waals surface area contributed by atoms with Crippen molar-refractivity contribution in [2.24, 2.45) is 0 Å². The van der Waals surface area contributed by atoms with Crippen molar-refractivity contribution < 1.29 is 23.4 Å². The normalized spacial score (nSPS) is 12.2. The summed E-state index contributed by atoms with van der Waals surface area (Å²) in [6, 6.07) is 0. The van der Waals surface area contributed by atoms with Gasteiger partial charge in [-0.05, 0) is 39.3 Å². The lowest BCUT2D eigenvalue weighted by molar-refractivity contribution is 0.0471. The zero-order valence-electron chi connectivity index (χ0n) is 13.8. The second-order valence-corrected chi connectivity index (χ2v) is 5.55. The molecule has 0 unspecified atom stereocenters. The van der Waals surface area contributed by atoms with Crippen molar-refractivity contribution in [3.05, 3.63) is 36.4 Å². The van der Waals surface area contributed by atoms with Gasteiger partial charge in [0.25, 0.3) is 0 Å². The van der Waals surface area contributed by atoms with Crippen molar-refractivity contribution in [1.82, 2.24) is 5.32 Å². The van der Waals surface area contributed by atoms with E-state index in [9.17, 15) is 9.18 Å². The highest BCUT2D eigenvalue weighted by Crippen LogP contribution is 2.16. The first-order valence-electron chi connectivity index (χ1n) is 7.03. The number of allylic oxidation sites excluding steroid dienone is 3. The molecule has 1 N–H and O–H groups in total. The van der Waals surface area contributed by atoms with Crippen molar-refractivity contribution in [2.75, 3.05) is 26.4 Å². The SMILES string of the molecule is C=C/C(F)=C(/OCCOCCNC(=O)OC(C)(C)C)C(=C)C. The largest absolute Gasteiger partial charge is 0.488 e. The summed E-state index contributed by atoms with van der Waals surface area (Å²) in [7, 11) is 0.